The van der Waals surface area contributed by atoms with Crippen LogP contribution in [-0.2, 0) is 12.8 Å². The standard InChI is InChI=1S/C20H24O/c21-20(16-5-4-14-2-1-3-15(14)11-16)19-17-7-12-6-13(9-17)10-18(19)8-12/h4-5,11-13,17-19H,1-3,6-10H2. The zero-order valence-electron chi connectivity index (χ0n) is 12.7. The predicted octanol–water partition coefficient (Wildman–Crippen LogP) is 4.43. The molecule has 0 amide bonds. The van der Waals surface area contributed by atoms with Crippen molar-refractivity contribution in [3.63, 3.8) is 0 Å². The molecule has 0 aromatic heterocycles. The molecule has 0 spiro atoms. The summed E-state index contributed by atoms with van der Waals surface area (Å²) >= 11 is 0. The molecule has 0 atom stereocenters. The van der Waals surface area contributed by atoms with Crippen molar-refractivity contribution in [1.82, 2.24) is 0 Å². The van der Waals surface area contributed by atoms with Gasteiger partial charge < -0.3 is 0 Å². The summed E-state index contributed by atoms with van der Waals surface area (Å²) in [6.45, 7) is 0. The molecule has 110 valence electrons. The zero-order chi connectivity index (χ0) is 14.0. The fourth-order valence-corrected chi connectivity index (χ4v) is 6.27. The number of rotatable bonds is 2. The van der Waals surface area contributed by atoms with Crippen LogP contribution in [0.5, 0.6) is 0 Å². The lowest BCUT2D eigenvalue weighted by Crippen LogP contribution is -2.48. The Labute approximate surface area is 127 Å². The van der Waals surface area contributed by atoms with E-state index in [1.165, 1.54) is 62.5 Å². The third-order valence-corrected chi connectivity index (χ3v) is 6.91. The first-order chi connectivity index (χ1) is 10.3. The second-order valence-electron chi connectivity index (χ2n) is 8.16. The smallest absolute Gasteiger partial charge is 0.166 e. The Kier molecular flexibility index (Phi) is 2.63. The SMILES string of the molecule is O=C(c1ccc2c(c1)CCC2)C1C2CC3CC(C2)CC1C3. The van der Waals surface area contributed by atoms with Crippen molar-refractivity contribution in [1.29, 1.82) is 0 Å². The second kappa shape index (κ2) is 4.44. The number of aryl methyl sites for hydroxylation is 2. The lowest BCUT2D eigenvalue weighted by atomic mass is 9.51. The Balaban J connectivity index is 1.46. The van der Waals surface area contributed by atoms with Crippen LogP contribution in [0.2, 0.25) is 0 Å². The fraction of sp³-hybridized carbons (Fsp3) is 0.650. The Morgan fingerprint density at radius 3 is 2.24 bits per heavy atom. The third-order valence-electron chi connectivity index (χ3n) is 6.91. The van der Waals surface area contributed by atoms with Crippen LogP contribution in [-0.4, -0.2) is 5.78 Å². The molecule has 6 rings (SSSR count). The number of benzene rings is 1. The highest BCUT2D eigenvalue weighted by molar-refractivity contribution is 5.98. The van der Waals surface area contributed by atoms with Crippen LogP contribution in [0, 0.1) is 29.6 Å². The summed E-state index contributed by atoms with van der Waals surface area (Å²) in [7, 11) is 0. The van der Waals surface area contributed by atoms with Crippen molar-refractivity contribution in [2.24, 2.45) is 29.6 Å². The number of ketones is 1. The molecule has 0 unspecified atom stereocenters. The van der Waals surface area contributed by atoms with E-state index in [1.807, 2.05) is 0 Å². The molecule has 0 heterocycles. The molecule has 1 heteroatoms. The molecule has 5 aliphatic carbocycles. The zero-order valence-corrected chi connectivity index (χ0v) is 12.7. The normalized spacial score (nSPS) is 39.5. The summed E-state index contributed by atoms with van der Waals surface area (Å²) in [5.74, 6) is 4.17. The predicted molar refractivity (Wildman–Crippen MR) is 83.3 cm³/mol. The van der Waals surface area contributed by atoms with E-state index in [2.05, 4.69) is 18.2 Å². The highest BCUT2D eigenvalue weighted by atomic mass is 16.1. The average Bonchev–Trinajstić information content (AvgIpc) is 2.93. The first kappa shape index (κ1) is 12.4. The van der Waals surface area contributed by atoms with Gasteiger partial charge in [-0.25, -0.2) is 0 Å². The van der Waals surface area contributed by atoms with Gasteiger partial charge in [-0.3, -0.25) is 4.79 Å². The van der Waals surface area contributed by atoms with Gasteiger partial charge in [0.05, 0.1) is 0 Å². The second-order valence-corrected chi connectivity index (χ2v) is 8.16. The number of carbonyl (C=O) groups excluding carboxylic acids is 1. The molecular formula is C20H24O. The van der Waals surface area contributed by atoms with Crippen LogP contribution < -0.4 is 0 Å². The van der Waals surface area contributed by atoms with Crippen molar-refractivity contribution in [2.45, 2.75) is 51.4 Å². The summed E-state index contributed by atoms with van der Waals surface area (Å²) in [4.78, 5) is 13.1. The number of hydrogen-bond donors (Lipinski definition) is 0. The summed E-state index contributed by atoms with van der Waals surface area (Å²) < 4.78 is 0. The van der Waals surface area contributed by atoms with Gasteiger partial charge in [-0.05, 0) is 92.2 Å². The molecule has 0 N–H and O–H groups in total. The first-order valence-corrected chi connectivity index (χ1v) is 8.94. The quantitative estimate of drug-likeness (QED) is 0.732. The van der Waals surface area contributed by atoms with Crippen molar-refractivity contribution in [3.05, 3.63) is 34.9 Å². The maximum Gasteiger partial charge on any atom is 0.166 e. The molecule has 4 fully saturated rings. The summed E-state index contributed by atoms with van der Waals surface area (Å²) in [5, 5.41) is 0. The maximum absolute atomic E-state index is 13.1. The van der Waals surface area contributed by atoms with Crippen LogP contribution >= 0.6 is 0 Å². The van der Waals surface area contributed by atoms with Gasteiger partial charge in [0.2, 0.25) is 0 Å². The highest BCUT2D eigenvalue weighted by Gasteiger charge is 2.50. The van der Waals surface area contributed by atoms with Crippen LogP contribution in [0.15, 0.2) is 18.2 Å². The minimum absolute atomic E-state index is 0.359. The number of hydrogen-bond acceptors (Lipinski definition) is 1. The van der Waals surface area contributed by atoms with Gasteiger partial charge >= 0.3 is 0 Å². The molecule has 0 radical (unpaired) electrons. The lowest BCUT2D eigenvalue weighted by Gasteiger charge is -2.53. The minimum atomic E-state index is 0.359. The Morgan fingerprint density at radius 2 is 1.52 bits per heavy atom. The molecule has 1 aromatic rings. The van der Waals surface area contributed by atoms with Gasteiger partial charge in [0.25, 0.3) is 0 Å². The van der Waals surface area contributed by atoms with Crippen LogP contribution in [0.1, 0.15) is 60.0 Å². The summed E-state index contributed by atoms with van der Waals surface area (Å²) in [6.07, 6.45) is 10.5. The Morgan fingerprint density at radius 1 is 0.857 bits per heavy atom. The van der Waals surface area contributed by atoms with Gasteiger partial charge in [0.15, 0.2) is 5.78 Å². The van der Waals surface area contributed by atoms with E-state index in [9.17, 15) is 4.79 Å². The molecule has 1 nitrogen and oxygen atoms in total. The van der Waals surface area contributed by atoms with Gasteiger partial charge in [0.1, 0.15) is 0 Å². The van der Waals surface area contributed by atoms with Crippen molar-refractivity contribution >= 4 is 5.78 Å². The molecular weight excluding hydrogens is 256 g/mol. The topological polar surface area (TPSA) is 17.1 Å². The Bertz CT molecular complexity index is 572. The summed E-state index contributed by atoms with van der Waals surface area (Å²) in [6, 6.07) is 6.58. The van der Waals surface area contributed by atoms with Gasteiger partial charge in [-0.1, -0.05) is 12.1 Å². The van der Waals surface area contributed by atoms with E-state index in [0.29, 0.717) is 23.5 Å². The molecule has 21 heavy (non-hydrogen) atoms. The van der Waals surface area contributed by atoms with Crippen molar-refractivity contribution < 1.29 is 4.79 Å². The molecule has 0 saturated heterocycles. The largest absolute Gasteiger partial charge is 0.294 e. The summed E-state index contributed by atoms with van der Waals surface area (Å²) in [5.41, 5.74) is 3.95. The molecule has 4 saturated carbocycles. The van der Waals surface area contributed by atoms with Gasteiger partial charge in [-0.2, -0.15) is 0 Å². The van der Waals surface area contributed by atoms with Gasteiger partial charge in [0, 0.05) is 11.5 Å². The molecule has 5 aliphatic rings. The number of fused-ring (bicyclic) bond motifs is 1. The Hall–Kier alpha value is -1.11. The third kappa shape index (κ3) is 1.86. The number of carbonyl (C=O) groups is 1. The fourth-order valence-electron chi connectivity index (χ4n) is 6.27. The maximum atomic E-state index is 13.1. The van der Waals surface area contributed by atoms with Crippen molar-refractivity contribution in [2.75, 3.05) is 0 Å². The van der Waals surface area contributed by atoms with E-state index in [4.69, 9.17) is 0 Å². The van der Waals surface area contributed by atoms with E-state index >= 15 is 0 Å². The van der Waals surface area contributed by atoms with Crippen LogP contribution in [0.4, 0.5) is 0 Å². The monoisotopic (exact) mass is 280 g/mol. The first-order valence-electron chi connectivity index (χ1n) is 8.94. The van der Waals surface area contributed by atoms with E-state index in [-0.39, 0.29) is 0 Å². The van der Waals surface area contributed by atoms with E-state index in [0.717, 1.165) is 17.4 Å². The highest BCUT2D eigenvalue weighted by Crippen LogP contribution is 2.57. The van der Waals surface area contributed by atoms with Gasteiger partial charge in [-0.15, -0.1) is 0 Å². The average molecular weight is 280 g/mol. The minimum Gasteiger partial charge on any atom is -0.294 e. The molecule has 0 aliphatic heterocycles. The molecule has 4 bridgehead atoms. The lowest BCUT2D eigenvalue weighted by molar-refractivity contribution is -0.0251. The van der Waals surface area contributed by atoms with Crippen LogP contribution in [0.25, 0.3) is 0 Å². The number of Topliss-reactive ketones (excluding diaryl/α,β-unsaturated/α-hetero) is 1. The van der Waals surface area contributed by atoms with Crippen LogP contribution in [0.3, 0.4) is 0 Å². The van der Waals surface area contributed by atoms with E-state index in [1.54, 1.807) is 0 Å². The van der Waals surface area contributed by atoms with E-state index < -0.39 is 0 Å². The van der Waals surface area contributed by atoms with Crippen molar-refractivity contribution in [3.8, 4) is 0 Å². The molecule has 1 aromatic carbocycles.